The van der Waals surface area contributed by atoms with Gasteiger partial charge < -0.3 is 10.2 Å². The molecule has 2 aromatic heterocycles. The van der Waals surface area contributed by atoms with Crippen molar-refractivity contribution in [3.8, 4) is 10.8 Å². The van der Waals surface area contributed by atoms with Crippen molar-refractivity contribution < 1.29 is 8.81 Å². The Labute approximate surface area is 123 Å². The summed E-state index contributed by atoms with van der Waals surface area (Å²) in [5, 5.41) is 2.82. The maximum atomic E-state index is 13.2. The molecule has 0 saturated carbocycles. The molecule has 3 rings (SSSR count). The number of thioether (sulfide) groups is 1. The van der Waals surface area contributed by atoms with Crippen molar-refractivity contribution in [1.29, 1.82) is 0 Å². The maximum Gasteiger partial charge on any atom is 0.162 e. The first-order valence-corrected chi connectivity index (χ1v) is 7.75. The highest BCUT2D eigenvalue weighted by Crippen LogP contribution is 2.31. The second-order valence-electron chi connectivity index (χ2n) is 4.09. The second-order valence-corrected chi connectivity index (χ2v) is 5.97. The number of nitrogen functional groups attached to an aromatic ring is 1. The monoisotopic (exact) mass is 306 g/mol. The lowest BCUT2D eigenvalue weighted by molar-refractivity contribution is 0.581. The molecule has 3 nitrogen and oxygen atoms in total. The molecule has 0 bridgehead atoms. The van der Waals surface area contributed by atoms with E-state index in [1.807, 2.05) is 17.5 Å². The number of benzene rings is 1. The molecule has 0 unspecified atom stereocenters. The highest BCUT2D eigenvalue weighted by Gasteiger charge is 2.08. The van der Waals surface area contributed by atoms with Crippen LogP contribution in [0.2, 0.25) is 0 Å². The summed E-state index contributed by atoms with van der Waals surface area (Å²) in [4.78, 5) is 5.22. The summed E-state index contributed by atoms with van der Waals surface area (Å²) >= 11 is 3.00. The Hall–Kier alpha value is -1.79. The predicted molar refractivity (Wildman–Crippen MR) is 80.2 cm³/mol. The molecule has 0 aliphatic carbocycles. The van der Waals surface area contributed by atoms with Crippen molar-refractivity contribution in [2.24, 2.45) is 0 Å². The van der Waals surface area contributed by atoms with E-state index in [1.54, 1.807) is 12.3 Å². The summed E-state index contributed by atoms with van der Waals surface area (Å²) in [5.41, 5.74) is 7.32. The van der Waals surface area contributed by atoms with Crippen LogP contribution in [0.3, 0.4) is 0 Å². The lowest BCUT2D eigenvalue weighted by atomic mass is 10.3. The summed E-state index contributed by atoms with van der Waals surface area (Å²) in [7, 11) is 0. The zero-order valence-electron chi connectivity index (χ0n) is 10.4. The summed E-state index contributed by atoms with van der Waals surface area (Å²) in [6.45, 7) is 0. The van der Waals surface area contributed by atoms with E-state index < -0.39 is 0 Å². The predicted octanol–water partition coefficient (Wildman–Crippen LogP) is 4.42. The summed E-state index contributed by atoms with van der Waals surface area (Å²) in [6.07, 6.45) is 1.62. The molecule has 3 aromatic rings. The van der Waals surface area contributed by atoms with Crippen LogP contribution >= 0.6 is 23.1 Å². The average molecular weight is 306 g/mol. The van der Waals surface area contributed by atoms with Gasteiger partial charge in [-0.3, -0.25) is 0 Å². The van der Waals surface area contributed by atoms with E-state index in [4.69, 9.17) is 10.2 Å². The first-order valence-electron chi connectivity index (χ1n) is 5.88. The number of hydrogen-bond acceptors (Lipinski definition) is 5. The smallest absolute Gasteiger partial charge is 0.162 e. The largest absolute Gasteiger partial charge is 0.462 e. The van der Waals surface area contributed by atoms with Gasteiger partial charge in [-0.15, -0.1) is 23.1 Å². The van der Waals surface area contributed by atoms with Crippen LogP contribution in [0.5, 0.6) is 0 Å². The van der Waals surface area contributed by atoms with Gasteiger partial charge in [0.2, 0.25) is 0 Å². The fraction of sp³-hybridized carbons (Fsp3) is 0.0714. The minimum absolute atomic E-state index is 0.281. The third-order valence-corrected chi connectivity index (χ3v) is 4.65. The van der Waals surface area contributed by atoms with Gasteiger partial charge in [0.15, 0.2) is 10.8 Å². The van der Waals surface area contributed by atoms with Gasteiger partial charge in [-0.2, -0.15) is 0 Å². The third kappa shape index (κ3) is 2.86. The van der Waals surface area contributed by atoms with E-state index >= 15 is 0 Å². The van der Waals surface area contributed by atoms with Gasteiger partial charge >= 0.3 is 0 Å². The number of nitrogens with zero attached hydrogens (tertiary/aromatic N) is 1. The van der Waals surface area contributed by atoms with E-state index in [1.165, 1.54) is 35.2 Å². The van der Waals surface area contributed by atoms with Crippen molar-refractivity contribution in [2.75, 3.05) is 5.73 Å². The van der Waals surface area contributed by atoms with E-state index in [-0.39, 0.29) is 5.82 Å². The number of thiazole rings is 1. The highest BCUT2D eigenvalue weighted by atomic mass is 32.2. The molecule has 1 aromatic carbocycles. The number of halogens is 1. The van der Waals surface area contributed by atoms with Gasteiger partial charge in [-0.1, -0.05) is 0 Å². The molecular weight excluding hydrogens is 295 g/mol. The van der Waals surface area contributed by atoms with Crippen LogP contribution in [0.4, 0.5) is 10.1 Å². The van der Waals surface area contributed by atoms with Crippen LogP contribution in [0.15, 0.2) is 51.3 Å². The molecule has 0 atom stereocenters. The highest BCUT2D eigenvalue weighted by molar-refractivity contribution is 7.98. The second kappa shape index (κ2) is 5.68. The number of aromatic nitrogens is 1. The van der Waals surface area contributed by atoms with Crippen LogP contribution in [0.25, 0.3) is 10.8 Å². The first kappa shape index (κ1) is 13.2. The normalized spacial score (nSPS) is 10.8. The summed E-state index contributed by atoms with van der Waals surface area (Å²) in [6, 6.07) is 8.09. The molecule has 2 N–H and O–H groups in total. The lowest BCUT2D eigenvalue weighted by Crippen LogP contribution is -1.90. The SMILES string of the molecule is Nc1ccc(F)cc1SCc1csc(-c2ccco2)n1. The Morgan fingerprint density at radius 2 is 2.25 bits per heavy atom. The summed E-state index contributed by atoms with van der Waals surface area (Å²) in [5.74, 6) is 1.12. The number of hydrogen-bond donors (Lipinski definition) is 1. The van der Waals surface area contributed by atoms with Gasteiger partial charge in [0.05, 0.1) is 12.0 Å². The standard InChI is InChI=1S/C14H11FN2OS2/c15-9-3-4-11(16)13(6-9)19-7-10-8-20-14(17-10)12-2-1-5-18-12/h1-6,8H,7,16H2. The lowest BCUT2D eigenvalue weighted by Gasteiger charge is -2.03. The molecule has 0 amide bonds. The molecular formula is C14H11FN2OS2. The number of nitrogens with two attached hydrogens (primary N) is 1. The quantitative estimate of drug-likeness (QED) is 0.573. The van der Waals surface area contributed by atoms with Gasteiger partial charge in [-0.25, -0.2) is 9.37 Å². The Morgan fingerprint density at radius 1 is 1.35 bits per heavy atom. The molecule has 0 radical (unpaired) electrons. The Morgan fingerprint density at radius 3 is 3.05 bits per heavy atom. The Balaban J connectivity index is 1.71. The van der Waals surface area contributed by atoms with E-state index in [9.17, 15) is 4.39 Å². The fourth-order valence-corrected chi connectivity index (χ4v) is 3.44. The van der Waals surface area contributed by atoms with Crippen molar-refractivity contribution in [3.63, 3.8) is 0 Å². The minimum Gasteiger partial charge on any atom is -0.462 e. The van der Waals surface area contributed by atoms with Crippen molar-refractivity contribution >= 4 is 28.8 Å². The minimum atomic E-state index is -0.281. The molecule has 0 saturated heterocycles. The van der Waals surface area contributed by atoms with Gasteiger partial charge in [-0.05, 0) is 30.3 Å². The molecule has 20 heavy (non-hydrogen) atoms. The third-order valence-electron chi connectivity index (χ3n) is 2.63. The molecule has 0 fully saturated rings. The van der Waals surface area contributed by atoms with E-state index in [0.717, 1.165) is 21.4 Å². The molecule has 2 heterocycles. The van der Waals surface area contributed by atoms with Gasteiger partial charge in [0.1, 0.15) is 5.82 Å². The fourth-order valence-electron chi connectivity index (χ4n) is 1.67. The molecule has 102 valence electrons. The molecule has 0 spiro atoms. The molecule has 0 aliphatic heterocycles. The van der Waals surface area contributed by atoms with E-state index in [2.05, 4.69) is 4.98 Å². The number of rotatable bonds is 4. The van der Waals surface area contributed by atoms with Crippen LogP contribution in [-0.2, 0) is 5.75 Å². The number of anilines is 1. The molecule has 6 heteroatoms. The van der Waals surface area contributed by atoms with Gasteiger partial charge in [0.25, 0.3) is 0 Å². The topological polar surface area (TPSA) is 52.0 Å². The molecule has 0 aliphatic rings. The van der Waals surface area contributed by atoms with Crippen LogP contribution in [0.1, 0.15) is 5.69 Å². The van der Waals surface area contributed by atoms with Crippen LogP contribution < -0.4 is 5.73 Å². The van der Waals surface area contributed by atoms with Crippen LogP contribution in [0, 0.1) is 5.82 Å². The van der Waals surface area contributed by atoms with Gasteiger partial charge in [0, 0.05) is 21.7 Å². The van der Waals surface area contributed by atoms with Crippen molar-refractivity contribution in [1.82, 2.24) is 4.98 Å². The Kier molecular flexibility index (Phi) is 3.75. The summed E-state index contributed by atoms with van der Waals surface area (Å²) < 4.78 is 18.5. The zero-order chi connectivity index (χ0) is 13.9. The average Bonchev–Trinajstić information content (AvgIpc) is 3.09. The first-order chi connectivity index (χ1) is 9.72. The van der Waals surface area contributed by atoms with E-state index in [0.29, 0.717) is 11.4 Å². The van der Waals surface area contributed by atoms with Crippen molar-refractivity contribution in [3.05, 3.63) is 53.5 Å². The van der Waals surface area contributed by atoms with Crippen LogP contribution in [-0.4, -0.2) is 4.98 Å². The maximum absolute atomic E-state index is 13.2. The number of furan rings is 1. The van der Waals surface area contributed by atoms with Crippen molar-refractivity contribution in [2.45, 2.75) is 10.6 Å². The Bertz CT molecular complexity index is 710. The zero-order valence-corrected chi connectivity index (χ0v) is 12.0.